The zero-order chi connectivity index (χ0) is 19.2. The number of fused-ring (bicyclic) bond motifs is 1. The van der Waals surface area contributed by atoms with Crippen molar-refractivity contribution in [2.75, 3.05) is 5.32 Å². The van der Waals surface area contributed by atoms with E-state index in [-0.39, 0.29) is 23.6 Å². The Kier molecular flexibility index (Phi) is 4.14. The largest absolute Gasteiger partial charge is 0.586 e. The lowest BCUT2D eigenvalue weighted by atomic mass is 10.1. The predicted molar refractivity (Wildman–Crippen MR) is 90.0 cm³/mol. The molecule has 0 fully saturated rings. The van der Waals surface area contributed by atoms with Crippen LogP contribution in [0.1, 0.15) is 11.1 Å². The highest BCUT2D eigenvalue weighted by atomic mass is 32.1. The number of nitrogens with one attached hydrogen (secondary N) is 1. The van der Waals surface area contributed by atoms with Crippen molar-refractivity contribution >= 4 is 16.5 Å². The Labute approximate surface area is 154 Å². The summed E-state index contributed by atoms with van der Waals surface area (Å²) in [5, 5.41) is 3.26. The molecule has 0 amide bonds. The van der Waals surface area contributed by atoms with Gasteiger partial charge in [-0.05, 0) is 24.6 Å². The first-order valence-corrected chi connectivity index (χ1v) is 8.52. The molecule has 5 nitrogen and oxygen atoms in total. The van der Waals surface area contributed by atoms with Gasteiger partial charge in [-0.15, -0.1) is 8.78 Å². The zero-order valence-electron chi connectivity index (χ0n) is 13.7. The Balaban J connectivity index is 1.55. The third-order valence-electron chi connectivity index (χ3n) is 3.89. The minimum absolute atomic E-state index is 0.0345. The second-order valence-electron chi connectivity index (χ2n) is 5.75. The molecule has 1 N–H and O–H groups in total. The number of hydrogen-bond acceptors (Lipinski definition) is 6. The molecule has 3 heterocycles. The normalized spacial score (nSPS) is 14.4. The van der Waals surface area contributed by atoms with Gasteiger partial charge in [0.2, 0.25) is 0 Å². The van der Waals surface area contributed by atoms with Crippen LogP contribution in [0.5, 0.6) is 11.5 Å². The van der Waals surface area contributed by atoms with E-state index in [0.29, 0.717) is 21.1 Å². The highest BCUT2D eigenvalue weighted by Gasteiger charge is 2.43. The molecule has 10 heteroatoms. The van der Waals surface area contributed by atoms with E-state index >= 15 is 0 Å². The van der Waals surface area contributed by atoms with Gasteiger partial charge in [0.15, 0.2) is 16.6 Å². The lowest BCUT2D eigenvalue weighted by Crippen LogP contribution is -2.25. The molecule has 3 aromatic rings. The van der Waals surface area contributed by atoms with Gasteiger partial charge in [-0.1, -0.05) is 11.3 Å². The van der Waals surface area contributed by atoms with Crippen LogP contribution in [0.2, 0.25) is 0 Å². The van der Waals surface area contributed by atoms with Crippen LogP contribution < -0.4 is 14.8 Å². The molecule has 1 aliphatic rings. The van der Waals surface area contributed by atoms with Crippen LogP contribution in [0.25, 0.3) is 10.4 Å². The van der Waals surface area contributed by atoms with Crippen molar-refractivity contribution in [1.82, 2.24) is 9.97 Å². The number of rotatable bonds is 4. The van der Waals surface area contributed by atoms with E-state index in [1.165, 1.54) is 29.7 Å². The van der Waals surface area contributed by atoms with Crippen molar-refractivity contribution in [3.05, 3.63) is 53.5 Å². The Hall–Kier alpha value is -2.88. The average Bonchev–Trinajstić information content (AvgIpc) is 3.16. The second-order valence-corrected chi connectivity index (χ2v) is 6.78. The average molecular weight is 397 g/mol. The molecule has 1 aliphatic heterocycles. The van der Waals surface area contributed by atoms with Crippen molar-refractivity contribution in [3.8, 4) is 21.9 Å². The number of nitrogens with zero attached hydrogens (tertiary/aromatic N) is 2. The summed E-state index contributed by atoms with van der Waals surface area (Å²) in [7, 11) is 0. The number of hydrogen-bond donors (Lipinski definition) is 1. The van der Waals surface area contributed by atoms with Crippen LogP contribution in [0.15, 0.2) is 30.7 Å². The summed E-state index contributed by atoms with van der Waals surface area (Å²) in [6.45, 7) is 1.63. The SMILES string of the molecule is Cc1cc2c(cc1-c1cnc(NCc3c(F)cncc3F)s1)OC(F)(F)O2. The molecule has 4 rings (SSSR count). The molecule has 140 valence electrons. The molecule has 0 saturated carbocycles. The molecule has 2 aromatic heterocycles. The monoisotopic (exact) mass is 397 g/mol. The quantitative estimate of drug-likeness (QED) is 0.646. The number of anilines is 1. The van der Waals surface area contributed by atoms with Crippen molar-refractivity contribution < 1.29 is 27.0 Å². The number of ether oxygens (including phenoxy) is 2. The Morgan fingerprint density at radius 3 is 2.44 bits per heavy atom. The Morgan fingerprint density at radius 1 is 1.07 bits per heavy atom. The number of benzene rings is 1. The molecule has 0 atom stereocenters. The summed E-state index contributed by atoms with van der Waals surface area (Å²) in [6, 6.07) is 2.91. The van der Waals surface area contributed by atoms with Gasteiger partial charge in [0.1, 0.15) is 11.6 Å². The first-order valence-electron chi connectivity index (χ1n) is 7.71. The van der Waals surface area contributed by atoms with E-state index in [4.69, 9.17) is 0 Å². The topological polar surface area (TPSA) is 56.3 Å². The highest BCUT2D eigenvalue weighted by molar-refractivity contribution is 7.18. The Bertz CT molecular complexity index is 1010. The van der Waals surface area contributed by atoms with Crippen LogP contribution >= 0.6 is 11.3 Å². The summed E-state index contributed by atoms with van der Waals surface area (Å²) in [6.07, 6.45) is -0.292. The van der Waals surface area contributed by atoms with Crippen LogP contribution in [-0.4, -0.2) is 16.3 Å². The third kappa shape index (κ3) is 3.39. The maximum atomic E-state index is 13.6. The molecule has 0 radical (unpaired) electrons. The summed E-state index contributed by atoms with van der Waals surface area (Å²) in [4.78, 5) is 8.26. The van der Waals surface area contributed by atoms with E-state index in [1.54, 1.807) is 6.92 Å². The number of halogens is 4. The lowest BCUT2D eigenvalue weighted by molar-refractivity contribution is -0.286. The second kappa shape index (κ2) is 6.38. The van der Waals surface area contributed by atoms with Crippen molar-refractivity contribution in [2.24, 2.45) is 0 Å². The summed E-state index contributed by atoms with van der Waals surface area (Å²) >= 11 is 1.21. The fourth-order valence-corrected chi connectivity index (χ4v) is 3.51. The first kappa shape index (κ1) is 17.5. The van der Waals surface area contributed by atoms with Crippen molar-refractivity contribution in [1.29, 1.82) is 0 Å². The first-order chi connectivity index (χ1) is 12.8. The molecule has 0 spiro atoms. The van der Waals surface area contributed by atoms with Gasteiger partial charge in [-0.25, -0.2) is 13.8 Å². The van der Waals surface area contributed by atoms with Crippen molar-refractivity contribution in [3.63, 3.8) is 0 Å². The van der Waals surface area contributed by atoms with Crippen LogP contribution in [0.4, 0.5) is 22.7 Å². The van der Waals surface area contributed by atoms with E-state index in [2.05, 4.69) is 24.8 Å². The van der Waals surface area contributed by atoms with E-state index in [1.807, 2.05) is 0 Å². The summed E-state index contributed by atoms with van der Waals surface area (Å²) in [5.41, 5.74) is 1.18. The minimum Gasteiger partial charge on any atom is -0.395 e. The summed E-state index contributed by atoms with van der Waals surface area (Å²) < 4.78 is 62.5. The smallest absolute Gasteiger partial charge is 0.395 e. The predicted octanol–water partition coefficient (Wildman–Crippen LogP) is 4.73. The molecule has 0 unspecified atom stereocenters. The number of alkyl halides is 2. The molecular formula is C17H11F4N3O2S. The Morgan fingerprint density at radius 2 is 1.74 bits per heavy atom. The third-order valence-corrected chi connectivity index (χ3v) is 4.88. The van der Waals surface area contributed by atoms with Crippen LogP contribution in [-0.2, 0) is 6.54 Å². The lowest BCUT2D eigenvalue weighted by Gasteiger charge is -2.05. The van der Waals surface area contributed by atoms with E-state index < -0.39 is 17.9 Å². The molecule has 1 aromatic carbocycles. The number of aromatic nitrogens is 2. The highest BCUT2D eigenvalue weighted by Crippen LogP contribution is 2.45. The maximum absolute atomic E-state index is 13.6. The van der Waals surface area contributed by atoms with Gasteiger partial charge in [-0.3, -0.25) is 4.98 Å². The number of aryl methyl sites for hydroxylation is 1. The molecule has 0 bridgehead atoms. The minimum atomic E-state index is -3.69. The molecule has 27 heavy (non-hydrogen) atoms. The van der Waals surface area contributed by atoms with Gasteiger partial charge >= 0.3 is 6.29 Å². The van der Waals surface area contributed by atoms with Gasteiger partial charge in [0, 0.05) is 23.9 Å². The van der Waals surface area contributed by atoms with Gasteiger partial charge in [0.05, 0.1) is 17.3 Å². The maximum Gasteiger partial charge on any atom is 0.586 e. The van der Waals surface area contributed by atoms with Crippen molar-refractivity contribution in [2.45, 2.75) is 19.8 Å². The molecule has 0 saturated heterocycles. The van der Waals surface area contributed by atoms with Crippen LogP contribution in [0.3, 0.4) is 0 Å². The molecular weight excluding hydrogens is 386 g/mol. The van der Waals surface area contributed by atoms with Gasteiger partial charge in [0.25, 0.3) is 0 Å². The standard InChI is InChI=1S/C17H11F4N3O2S/c1-8-2-13-14(26-17(20,21)25-13)3-9(8)15-7-24-16(27-15)23-4-10-11(18)5-22-6-12(10)19/h2-3,5-7H,4H2,1H3,(H,23,24). The number of thiazole rings is 1. The van der Waals surface area contributed by atoms with Gasteiger partial charge in [-0.2, -0.15) is 0 Å². The van der Waals surface area contributed by atoms with Crippen LogP contribution in [0, 0.1) is 18.6 Å². The summed E-state index contributed by atoms with van der Waals surface area (Å²) in [5.74, 6) is -1.61. The van der Waals surface area contributed by atoms with E-state index in [0.717, 1.165) is 12.4 Å². The fraction of sp³-hybridized carbons (Fsp3) is 0.176. The van der Waals surface area contributed by atoms with E-state index in [9.17, 15) is 17.6 Å². The zero-order valence-corrected chi connectivity index (χ0v) is 14.5. The molecule has 0 aliphatic carbocycles. The fourth-order valence-electron chi connectivity index (χ4n) is 2.61. The van der Waals surface area contributed by atoms with Gasteiger partial charge < -0.3 is 14.8 Å². The number of pyridine rings is 1.